The SMILES string of the molecule is COCc1c(C(=O)O)nn2cc(-c3ccc(Cl)c(C)c3)[nH]c(=O)c12. The summed E-state index contributed by atoms with van der Waals surface area (Å²) in [5.41, 5.74) is 1.88. The molecule has 0 bridgehead atoms. The van der Waals surface area contributed by atoms with E-state index in [1.165, 1.54) is 11.6 Å². The molecule has 3 rings (SSSR count). The zero-order valence-corrected chi connectivity index (χ0v) is 13.7. The molecule has 24 heavy (non-hydrogen) atoms. The lowest BCUT2D eigenvalue weighted by Crippen LogP contribution is -2.12. The fourth-order valence-corrected chi connectivity index (χ4v) is 2.67. The molecule has 0 aliphatic carbocycles. The van der Waals surface area contributed by atoms with Crippen LogP contribution in [0.1, 0.15) is 21.6 Å². The van der Waals surface area contributed by atoms with Gasteiger partial charge in [-0.25, -0.2) is 9.31 Å². The number of aryl methyl sites for hydroxylation is 1. The average Bonchev–Trinajstić information content (AvgIpc) is 2.90. The summed E-state index contributed by atoms with van der Waals surface area (Å²) in [6, 6.07) is 5.33. The Morgan fingerprint density at radius 3 is 2.83 bits per heavy atom. The van der Waals surface area contributed by atoms with Crippen molar-refractivity contribution in [3.05, 3.63) is 56.6 Å². The highest BCUT2D eigenvalue weighted by atomic mass is 35.5. The number of carboxylic acid groups (broad SMARTS) is 1. The van der Waals surface area contributed by atoms with E-state index in [4.69, 9.17) is 16.3 Å². The number of halogens is 1. The van der Waals surface area contributed by atoms with Gasteiger partial charge in [-0.2, -0.15) is 5.10 Å². The number of hydrogen-bond acceptors (Lipinski definition) is 4. The maximum atomic E-state index is 12.5. The van der Waals surface area contributed by atoms with Crippen molar-refractivity contribution in [3.8, 4) is 11.3 Å². The Hall–Kier alpha value is -2.64. The summed E-state index contributed by atoms with van der Waals surface area (Å²) in [4.78, 5) is 26.6. The van der Waals surface area contributed by atoms with Crippen LogP contribution in [0.25, 0.3) is 16.8 Å². The summed E-state index contributed by atoms with van der Waals surface area (Å²) in [6.07, 6.45) is 1.57. The van der Waals surface area contributed by atoms with Gasteiger partial charge < -0.3 is 14.8 Å². The van der Waals surface area contributed by atoms with Gasteiger partial charge in [-0.05, 0) is 30.2 Å². The second-order valence-electron chi connectivity index (χ2n) is 5.32. The van der Waals surface area contributed by atoms with E-state index in [0.29, 0.717) is 10.7 Å². The lowest BCUT2D eigenvalue weighted by atomic mass is 10.1. The first-order valence-corrected chi connectivity index (χ1v) is 7.43. The van der Waals surface area contributed by atoms with Crippen LogP contribution >= 0.6 is 11.6 Å². The molecule has 2 N–H and O–H groups in total. The van der Waals surface area contributed by atoms with E-state index in [9.17, 15) is 14.7 Å². The van der Waals surface area contributed by atoms with E-state index < -0.39 is 11.5 Å². The Balaban J connectivity index is 2.25. The molecule has 0 spiro atoms. The number of carboxylic acids is 1. The molecule has 2 aromatic heterocycles. The van der Waals surface area contributed by atoms with Crippen molar-refractivity contribution >= 4 is 23.1 Å². The van der Waals surface area contributed by atoms with Crippen LogP contribution in [-0.4, -0.2) is 32.8 Å². The van der Waals surface area contributed by atoms with Gasteiger partial charge in [-0.1, -0.05) is 17.7 Å². The van der Waals surface area contributed by atoms with Gasteiger partial charge in [0.25, 0.3) is 5.56 Å². The lowest BCUT2D eigenvalue weighted by molar-refractivity contribution is 0.0685. The number of nitrogens with one attached hydrogen (secondary N) is 1. The van der Waals surface area contributed by atoms with Crippen LogP contribution in [-0.2, 0) is 11.3 Å². The van der Waals surface area contributed by atoms with E-state index in [1.54, 1.807) is 18.3 Å². The minimum atomic E-state index is -1.21. The van der Waals surface area contributed by atoms with Gasteiger partial charge in [0.1, 0.15) is 5.52 Å². The molecule has 0 aliphatic rings. The largest absolute Gasteiger partial charge is 0.476 e. The number of hydrogen-bond donors (Lipinski definition) is 2. The first-order valence-electron chi connectivity index (χ1n) is 7.05. The van der Waals surface area contributed by atoms with Crippen LogP contribution in [0.4, 0.5) is 0 Å². The molecule has 124 valence electrons. The minimum Gasteiger partial charge on any atom is -0.476 e. The standard InChI is InChI=1S/C16H14ClN3O4/c1-8-5-9(3-4-11(8)17)12-6-20-14(15(21)18-12)10(7-24-2)13(19-20)16(22)23/h3-6H,7H2,1-2H3,(H,18,21)(H,22,23). The molecular weight excluding hydrogens is 334 g/mol. The zero-order chi connectivity index (χ0) is 17.4. The predicted molar refractivity (Wildman–Crippen MR) is 88.7 cm³/mol. The predicted octanol–water partition coefficient (Wildman–Crippen LogP) is 2.50. The number of H-pyrrole nitrogens is 1. The number of nitrogens with zero attached hydrogens (tertiary/aromatic N) is 2. The van der Waals surface area contributed by atoms with E-state index in [1.807, 2.05) is 13.0 Å². The third-order valence-corrected chi connectivity index (χ3v) is 4.11. The highest BCUT2D eigenvalue weighted by molar-refractivity contribution is 6.31. The lowest BCUT2D eigenvalue weighted by Gasteiger charge is -2.05. The Labute approximate surface area is 141 Å². The molecule has 8 heteroatoms. The van der Waals surface area contributed by atoms with Gasteiger partial charge in [-0.15, -0.1) is 0 Å². The Bertz CT molecular complexity index is 1010. The molecule has 0 saturated heterocycles. The maximum absolute atomic E-state index is 12.5. The Morgan fingerprint density at radius 1 is 1.46 bits per heavy atom. The van der Waals surface area contributed by atoms with Crippen LogP contribution in [0.3, 0.4) is 0 Å². The highest BCUT2D eigenvalue weighted by Crippen LogP contribution is 2.23. The van der Waals surface area contributed by atoms with Crippen LogP contribution in [0, 0.1) is 6.92 Å². The summed E-state index contributed by atoms with van der Waals surface area (Å²) in [6.45, 7) is 1.84. The molecule has 1 aromatic carbocycles. The van der Waals surface area contributed by atoms with E-state index >= 15 is 0 Å². The molecule has 0 unspecified atom stereocenters. The summed E-state index contributed by atoms with van der Waals surface area (Å²) >= 11 is 6.02. The molecule has 0 saturated carbocycles. The number of aromatic nitrogens is 3. The third-order valence-electron chi connectivity index (χ3n) is 3.68. The monoisotopic (exact) mass is 347 g/mol. The number of aromatic carboxylic acids is 1. The van der Waals surface area contributed by atoms with Crippen molar-refractivity contribution in [3.63, 3.8) is 0 Å². The minimum absolute atomic E-state index is 0.0202. The topological polar surface area (TPSA) is 96.7 Å². The first kappa shape index (κ1) is 16.2. The number of ether oxygens (including phenoxy) is 1. The normalized spacial score (nSPS) is 11.1. The van der Waals surface area contributed by atoms with Crippen LogP contribution in [0.2, 0.25) is 5.02 Å². The second-order valence-corrected chi connectivity index (χ2v) is 5.73. The van der Waals surface area contributed by atoms with Crippen molar-refractivity contribution in [2.75, 3.05) is 7.11 Å². The van der Waals surface area contributed by atoms with Crippen molar-refractivity contribution in [2.24, 2.45) is 0 Å². The van der Waals surface area contributed by atoms with Crippen molar-refractivity contribution in [1.82, 2.24) is 14.6 Å². The first-order chi connectivity index (χ1) is 11.4. The molecular formula is C16H14ClN3O4. The number of methoxy groups -OCH3 is 1. The van der Waals surface area contributed by atoms with E-state index in [0.717, 1.165) is 11.1 Å². The molecule has 2 heterocycles. The van der Waals surface area contributed by atoms with Gasteiger partial charge in [0.05, 0.1) is 18.5 Å². The number of carbonyl (C=O) groups is 1. The third kappa shape index (κ3) is 2.68. The average molecular weight is 348 g/mol. The van der Waals surface area contributed by atoms with Crippen LogP contribution in [0.15, 0.2) is 29.2 Å². The van der Waals surface area contributed by atoms with E-state index in [2.05, 4.69) is 10.1 Å². The number of benzene rings is 1. The molecule has 0 fully saturated rings. The quantitative estimate of drug-likeness (QED) is 0.755. The van der Waals surface area contributed by atoms with Gasteiger partial charge in [0.2, 0.25) is 0 Å². The summed E-state index contributed by atoms with van der Waals surface area (Å²) < 4.78 is 6.27. The highest BCUT2D eigenvalue weighted by Gasteiger charge is 2.21. The van der Waals surface area contributed by atoms with Crippen LogP contribution in [0.5, 0.6) is 0 Å². The summed E-state index contributed by atoms with van der Waals surface area (Å²) in [5.74, 6) is -1.21. The molecule has 0 radical (unpaired) electrons. The zero-order valence-electron chi connectivity index (χ0n) is 13.0. The van der Waals surface area contributed by atoms with Gasteiger partial charge >= 0.3 is 5.97 Å². The summed E-state index contributed by atoms with van der Waals surface area (Å²) in [7, 11) is 1.42. The Kier molecular flexibility index (Phi) is 4.13. The van der Waals surface area contributed by atoms with Gasteiger partial charge in [0.15, 0.2) is 5.69 Å². The fourth-order valence-electron chi connectivity index (χ4n) is 2.55. The van der Waals surface area contributed by atoms with Gasteiger partial charge in [0, 0.05) is 17.7 Å². The van der Waals surface area contributed by atoms with Gasteiger partial charge in [-0.3, -0.25) is 4.79 Å². The van der Waals surface area contributed by atoms with Crippen LogP contribution < -0.4 is 5.56 Å². The molecule has 0 amide bonds. The summed E-state index contributed by atoms with van der Waals surface area (Å²) in [5, 5.41) is 13.9. The second kappa shape index (κ2) is 6.10. The molecule has 7 nitrogen and oxygen atoms in total. The number of aromatic amines is 1. The maximum Gasteiger partial charge on any atom is 0.356 e. The van der Waals surface area contributed by atoms with E-state index in [-0.39, 0.29) is 23.4 Å². The molecule has 3 aromatic rings. The smallest absolute Gasteiger partial charge is 0.356 e. The number of rotatable bonds is 4. The van der Waals surface area contributed by atoms with Crippen molar-refractivity contribution < 1.29 is 14.6 Å². The Morgan fingerprint density at radius 2 is 2.21 bits per heavy atom. The molecule has 0 aliphatic heterocycles. The van der Waals surface area contributed by atoms with Crippen molar-refractivity contribution in [2.45, 2.75) is 13.5 Å². The number of fused-ring (bicyclic) bond motifs is 1. The molecule has 0 atom stereocenters. The fraction of sp³-hybridized carbons (Fsp3) is 0.188. The van der Waals surface area contributed by atoms with Crippen molar-refractivity contribution in [1.29, 1.82) is 0 Å².